The van der Waals surface area contributed by atoms with Crippen LogP contribution in [-0.2, 0) is 34.1 Å². The maximum absolute atomic E-state index is 13.6. The van der Waals surface area contributed by atoms with Gasteiger partial charge in [0, 0.05) is 38.6 Å². The Morgan fingerprint density at radius 1 is 1.16 bits per heavy atom. The predicted octanol–water partition coefficient (Wildman–Crippen LogP) is 3.67. The molecule has 0 radical (unpaired) electrons. The molecule has 1 heterocycles. The number of aromatic nitrogens is 2. The number of amides is 1. The van der Waals surface area contributed by atoms with Gasteiger partial charge in [-0.05, 0) is 35.9 Å². The van der Waals surface area contributed by atoms with E-state index in [1.165, 1.54) is 26.2 Å². The van der Waals surface area contributed by atoms with Crippen LogP contribution in [-0.4, -0.2) is 42.3 Å². The van der Waals surface area contributed by atoms with E-state index in [1.807, 2.05) is 0 Å². The smallest absolute Gasteiger partial charge is 0.352 e. The molecule has 1 aromatic heterocycles. The number of rotatable bonds is 7. The van der Waals surface area contributed by atoms with Gasteiger partial charge in [-0.1, -0.05) is 23.7 Å². The van der Waals surface area contributed by atoms with Crippen molar-refractivity contribution in [2.75, 3.05) is 14.1 Å². The summed E-state index contributed by atoms with van der Waals surface area (Å²) in [5.74, 6) is -1.64. The van der Waals surface area contributed by atoms with Gasteiger partial charge in [0.25, 0.3) is 0 Å². The van der Waals surface area contributed by atoms with E-state index in [4.69, 9.17) is 11.6 Å². The van der Waals surface area contributed by atoms with Crippen LogP contribution in [0.5, 0.6) is 0 Å². The van der Waals surface area contributed by atoms with Crippen molar-refractivity contribution in [3.8, 4) is 0 Å². The maximum atomic E-state index is 13.6. The highest BCUT2D eigenvalue weighted by Gasteiger charge is 2.38. The van der Waals surface area contributed by atoms with Gasteiger partial charge in [-0.25, -0.2) is 17.7 Å². The molecule has 0 aliphatic rings. The molecule has 172 valence electrons. The molecule has 0 saturated heterocycles. The van der Waals surface area contributed by atoms with Gasteiger partial charge in [0.05, 0.1) is 15.9 Å². The first-order valence-corrected chi connectivity index (χ1v) is 11.2. The molecule has 0 unspecified atom stereocenters. The molecule has 1 N–H and O–H groups in total. The number of aryl methyl sites for hydroxylation is 1. The highest BCUT2D eigenvalue weighted by Crippen LogP contribution is 2.32. The van der Waals surface area contributed by atoms with Crippen molar-refractivity contribution in [1.29, 1.82) is 0 Å². The zero-order valence-corrected chi connectivity index (χ0v) is 18.7. The standard InChI is InChI=1S/C20H20ClF3N4O3S/c1-27(2)32(30,31)15-7-8-17-16(11-15)26-19(20(22,23)24)28(17)10-9-18(29)25-12-13-3-5-14(21)6-4-13/h3-8,11H,9-10,12H2,1-2H3,(H,25,29). The summed E-state index contributed by atoms with van der Waals surface area (Å²) >= 11 is 5.81. The average molecular weight is 489 g/mol. The third kappa shape index (κ3) is 5.22. The Morgan fingerprint density at radius 3 is 2.41 bits per heavy atom. The summed E-state index contributed by atoms with van der Waals surface area (Å²) in [6.07, 6.45) is -5.00. The molecule has 3 aromatic rings. The van der Waals surface area contributed by atoms with Crippen molar-refractivity contribution in [1.82, 2.24) is 19.2 Å². The van der Waals surface area contributed by atoms with Crippen molar-refractivity contribution in [3.63, 3.8) is 0 Å². The van der Waals surface area contributed by atoms with E-state index >= 15 is 0 Å². The Kier molecular flexibility index (Phi) is 6.82. The number of nitrogens with zero attached hydrogens (tertiary/aromatic N) is 3. The minimum atomic E-state index is -4.78. The third-order valence-electron chi connectivity index (χ3n) is 4.72. The molecule has 0 atom stereocenters. The van der Waals surface area contributed by atoms with Crippen LogP contribution in [0.3, 0.4) is 0 Å². The van der Waals surface area contributed by atoms with Gasteiger partial charge in [-0.3, -0.25) is 4.79 Å². The van der Waals surface area contributed by atoms with Crippen molar-refractivity contribution in [2.24, 2.45) is 0 Å². The van der Waals surface area contributed by atoms with E-state index in [2.05, 4.69) is 10.3 Å². The Bertz CT molecular complexity index is 1240. The Hall–Kier alpha value is -2.63. The lowest BCUT2D eigenvalue weighted by molar-refractivity contribution is -0.147. The average Bonchev–Trinajstić information content (AvgIpc) is 3.10. The van der Waals surface area contributed by atoms with Gasteiger partial charge in [-0.15, -0.1) is 0 Å². The van der Waals surface area contributed by atoms with Gasteiger partial charge in [0.1, 0.15) is 0 Å². The van der Waals surface area contributed by atoms with E-state index in [0.717, 1.165) is 20.5 Å². The summed E-state index contributed by atoms with van der Waals surface area (Å²) in [4.78, 5) is 15.6. The SMILES string of the molecule is CN(C)S(=O)(=O)c1ccc2c(c1)nc(C(F)(F)F)n2CCC(=O)NCc1ccc(Cl)cc1. The van der Waals surface area contributed by atoms with Crippen molar-refractivity contribution >= 4 is 38.6 Å². The van der Waals surface area contributed by atoms with E-state index in [1.54, 1.807) is 24.3 Å². The maximum Gasteiger partial charge on any atom is 0.449 e. The fraction of sp³-hybridized carbons (Fsp3) is 0.300. The molecule has 2 aromatic carbocycles. The second-order valence-corrected chi connectivity index (χ2v) is 9.76. The summed E-state index contributed by atoms with van der Waals surface area (Å²) in [7, 11) is -1.20. The van der Waals surface area contributed by atoms with Crippen LogP contribution in [0, 0.1) is 0 Å². The normalized spacial score (nSPS) is 12.5. The number of hydrogen-bond donors (Lipinski definition) is 1. The lowest BCUT2D eigenvalue weighted by atomic mass is 10.2. The molecular formula is C20H20ClF3N4O3S. The molecule has 0 bridgehead atoms. The minimum absolute atomic E-state index is 0.0838. The summed E-state index contributed by atoms with van der Waals surface area (Å²) in [6.45, 7) is -0.0733. The van der Waals surface area contributed by atoms with Gasteiger partial charge < -0.3 is 9.88 Å². The van der Waals surface area contributed by atoms with E-state index in [-0.39, 0.29) is 35.4 Å². The lowest BCUT2D eigenvalue weighted by Gasteiger charge is -2.12. The molecule has 0 spiro atoms. The summed E-state index contributed by atoms with van der Waals surface area (Å²) in [5.41, 5.74) is 0.754. The molecule has 0 aliphatic carbocycles. The van der Waals surface area contributed by atoms with Gasteiger partial charge in [0.2, 0.25) is 21.8 Å². The van der Waals surface area contributed by atoms with Crippen LogP contribution in [0.1, 0.15) is 17.8 Å². The van der Waals surface area contributed by atoms with E-state index < -0.39 is 27.9 Å². The largest absolute Gasteiger partial charge is 0.449 e. The van der Waals surface area contributed by atoms with Crippen molar-refractivity contribution in [2.45, 2.75) is 30.6 Å². The zero-order chi connectivity index (χ0) is 23.7. The molecule has 12 heteroatoms. The van der Waals surface area contributed by atoms with E-state index in [9.17, 15) is 26.4 Å². The third-order valence-corrected chi connectivity index (χ3v) is 6.78. The number of carbonyl (C=O) groups is 1. The topological polar surface area (TPSA) is 84.3 Å². The van der Waals surface area contributed by atoms with E-state index in [0.29, 0.717) is 5.02 Å². The van der Waals surface area contributed by atoms with Gasteiger partial charge >= 0.3 is 6.18 Å². The van der Waals surface area contributed by atoms with Crippen molar-refractivity contribution < 1.29 is 26.4 Å². The van der Waals surface area contributed by atoms with Crippen LogP contribution in [0.4, 0.5) is 13.2 Å². The molecule has 3 rings (SSSR count). The van der Waals surface area contributed by atoms with Crippen LogP contribution >= 0.6 is 11.6 Å². The minimum Gasteiger partial charge on any atom is -0.352 e. The molecular weight excluding hydrogens is 469 g/mol. The second-order valence-electron chi connectivity index (χ2n) is 7.18. The lowest BCUT2D eigenvalue weighted by Crippen LogP contribution is -2.25. The number of alkyl halides is 3. The second kappa shape index (κ2) is 9.08. The molecule has 1 amide bonds. The molecule has 0 aliphatic heterocycles. The number of sulfonamides is 1. The number of hydrogen-bond acceptors (Lipinski definition) is 4. The van der Waals surface area contributed by atoms with Gasteiger partial charge in [-0.2, -0.15) is 13.2 Å². The number of carbonyl (C=O) groups excluding carboxylic acids is 1. The summed E-state index contributed by atoms with van der Waals surface area (Å²) in [5, 5.41) is 3.20. The van der Waals surface area contributed by atoms with Gasteiger partial charge in [0.15, 0.2) is 0 Å². The van der Waals surface area contributed by atoms with Crippen LogP contribution in [0.2, 0.25) is 5.02 Å². The monoisotopic (exact) mass is 488 g/mol. The number of imidazole rings is 1. The predicted molar refractivity (Wildman–Crippen MR) is 114 cm³/mol. The molecule has 0 fully saturated rings. The number of fused-ring (bicyclic) bond motifs is 1. The molecule has 0 saturated carbocycles. The highest BCUT2D eigenvalue weighted by molar-refractivity contribution is 7.89. The number of benzene rings is 2. The fourth-order valence-electron chi connectivity index (χ4n) is 3.03. The Morgan fingerprint density at radius 2 is 1.81 bits per heavy atom. The molecule has 7 nitrogen and oxygen atoms in total. The number of nitrogens with one attached hydrogen (secondary N) is 1. The summed E-state index contributed by atoms with van der Waals surface area (Å²) in [6, 6.07) is 10.4. The first kappa shape index (κ1) is 24.0. The first-order chi connectivity index (χ1) is 14.9. The zero-order valence-electron chi connectivity index (χ0n) is 17.1. The number of halogens is 4. The van der Waals surface area contributed by atoms with Crippen LogP contribution < -0.4 is 5.32 Å². The van der Waals surface area contributed by atoms with Crippen LogP contribution in [0.15, 0.2) is 47.4 Å². The highest BCUT2D eigenvalue weighted by atomic mass is 35.5. The molecule has 32 heavy (non-hydrogen) atoms. The van der Waals surface area contributed by atoms with Crippen molar-refractivity contribution in [3.05, 3.63) is 58.9 Å². The van der Waals surface area contributed by atoms with Crippen LogP contribution in [0.25, 0.3) is 11.0 Å². The fourth-order valence-corrected chi connectivity index (χ4v) is 4.08. The Labute approximate surface area is 187 Å². The summed E-state index contributed by atoms with van der Waals surface area (Å²) < 4.78 is 67.1. The first-order valence-electron chi connectivity index (χ1n) is 9.41. The quantitative estimate of drug-likeness (QED) is 0.550. The Balaban J connectivity index is 1.82.